The summed E-state index contributed by atoms with van der Waals surface area (Å²) >= 11 is 0. The highest BCUT2D eigenvalue weighted by Gasteiger charge is 2.53. The van der Waals surface area contributed by atoms with Gasteiger partial charge in [0.1, 0.15) is 0 Å². The SMILES string of the molecule is CCCCCCCCC1C(=O)C(=O)C(C(=O)C(=O)OCC)C1=O. The Labute approximate surface area is 135 Å². The normalized spacial score (nSPS) is 20.9. The summed E-state index contributed by atoms with van der Waals surface area (Å²) < 4.78 is 4.52. The van der Waals surface area contributed by atoms with Gasteiger partial charge in [0.05, 0.1) is 12.5 Å². The van der Waals surface area contributed by atoms with Crippen LogP contribution in [-0.2, 0) is 28.7 Å². The molecule has 0 heterocycles. The van der Waals surface area contributed by atoms with Gasteiger partial charge in [0.25, 0.3) is 5.78 Å². The third kappa shape index (κ3) is 4.81. The Hall–Kier alpha value is -1.85. The Morgan fingerprint density at radius 1 is 0.913 bits per heavy atom. The van der Waals surface area contributed by atoms with Crippen LogP contribution in [0.3, 0.4) is 0 Å². The molecule has 2 atom stereocenters. The zero-order valence-electron chi connectivity index (χ0n) is 13.8. The molecule has 6 heteroatoms. The van der Waals surface area contributed by atoms with E-state index in [1.165, 1.54) is 6.92 Å². The van der Waals surface area contributed by atoms with E-state index < -0.39 is 40.9 Å². The average Bonchev–Trinajstić information content (AvgIpc) is 2.73. The van der Waals surface area contributed by atoms with E-state index in [1.807, 2.05) is 0 Å². The zero-order chi connectivity index (χ0) is 17.4. The summed E-state index contributed by atoms with van der Waals surface area (Å²) in [7, 11) is 0. The first kappa shape index (κ1) is 19.2. The van der Waals surface area contributed by atoms with E-state index in [-0.39, 0.29) is 13.0 Å². The first-order valence-electron chi connectivity index (χ1n) is 8.28. The van der Waals surface area contributed by atoms with Crippen molar-refractivity contribution in [3.63, 3.8) is 0 Å². The summed E-state index contributed by atoms with van der Waals surface area (Å²) in [5.41, 5.74) is 0. The molecule has 1 fully saturated rings. The molecule has 0 aliphatic heterocycles. The van der Waals surface area contributed by atoms with Crippen LogP contribution in [0.5, 0.6) is 0 Å². The summed E-state index contributed by atoms with van der Waals surface area (Å²) in [6, 6.07) is 0. The molecule has 0 aromatic heterocycles. The van der Waals surface area contributed by atoms with Crippen LogP contribution in [0.4, 0.5) is 0 Å². The summed E-state index contributed by atoms with van der Waals surface area (Å²) in [5.74, 6) is -7.96. The summed E-state index contributed by atoms with van der Waals surface area (Å²) in [6.07, 6.45) is 6.19. The van der Waals surface area contributed by atoms with Gasteiger partial charge in [-0.2, -0.15) is 0 Å². The molecule has 1 saturated carbocycles. The molecule has 0 saturated heterocycles. The van der Waals surface area contributed by atoms with Crippen LogP contribution in [0.25, 0.3) is 0 Å². The lowest BCUT2D eigenvalue weighted by molar-refractivity contribution is -0.157. The van der Waals surface area contributed by atoms with Crippen molar-refractivity contribution >= 4 is 29.1 Å². The minimum atomic E-state index is -1.79. The Balaban J connectivity index is 2.59. The van der Waals surface area contributed by atoms with Crippen molar-refractivity contribution < 1.29 is 28.7 Å². The van der Waals surface area contributed by atoms with Crippen LogP contribution < -0.4 is 0 Å². The van der Waals surface area contributed by atoms with E-state index in [0.717, 1.165) is 32.1 Å². The molecule has 0 aromatic rings. The van der Waals surface area contributed by atoms with Crippen molar-refractivity contribution in [2.75, 3.05) is 6.61 Å². The maximum absolute atomic E-state index is 12.2. The quantitative estimate of drug-likeness (QED) is 0.263. The number of unbranched alkanes of at least 4 members (excludes halogenated alkanes) is 5. The number of carbonyl (C=O) groups excluding carboxylic acids is 5. The van der Waals surface area contributed by atoms with Crippen LogP contribution in [0.2, 0.25) is 0 Å². The molecule has 2 unspecified atom stereocenters. The fourth-order valence-corrected chi connectivity index (χ4v) is 2.74. The molecule has 0 N–H and O–H groups in total. The smallest absolute Gasteiger partial charge is 0.375 e. The molecule has 0 spiro atoms. The van der Waals surface area contributed by atoms with Gasteiger partial charge in [-0.25, -0.2) is 4.79 Å². The van der Waals surface area contributed by atoms with Gasteiger partial charge in [-0.05, 0) is 13.3 Å². The van der Waals surface area contributed by atoms with Crippen molar-refractivity contribution in [2.24, 2.45) is 11.8 Å². The molecule has 23 heavy (non-hydrogen) atoms. The molecule has 128 valence electrons. The van der Waals surface area contributed by atoms with Crippen LogP contribution in [0.15, 0.2) is 0 Å². The lowest BCUT2D eigenvalue weighted by Gasteiger charge is -2.07. The summed E-state index contributed by atoms with van der Waals surface area (Å²) in [4.78, 5) is 59.2. The third-order valence-electron chi connectivity index (χ3n) is 4.03. The van der Waals surface area contributed by atoms with Crippen molar-refractivity contribution in [1.82, 2.24) is 0 Å². The van der Waals surface area contributed by atoms with Crippen LogP contribution in [-0.4, -0.2) is 35.7 Å². The van der Waals surface area contributed by atoms with E-state index in [0.29, 0.717) is 6.42 Å². The predicted molar refractivity (Wildman–Crippen MR) is 81.6 cm³/mol. The maximum atomic E-state index is 12.2. The van der Waals surface area contributed by atoms with Crippen molar-refractivity contribution in [3.8, 4) is 0 Å². The zero-order valence-corrected chi connectivity index (χ0v) is 13.8. The number of hydrogen-bond donors (Lipinski definition) is 0. The molecular weight excluding hydrogens is 300 g/mol. The molecule has 0 bridgehead atoms. The molecule has 6 nitrogen and oxygen atoms in total. The monoisotopic (exact) mass is 324 g/mol. The van der Waals surface area contributed by atoms with Gasteiger partial charge in [0.15, 0.2) is 11.7 Å². The Bertz CT molecular complexity index is 493. The number of hydrogen-bond acceptors (Lipinski definition) is 6. The van der Waals surface area contributed by atoms with Gasteiger partial charge >= 0.3 is 5.97 Å². The number of rotatable bonds is 10. The van der Waals surface area contributed by atoms with Crippen LogP contribution in [0.1, 0.15) is 58.8 Å². The first-order valence-corrected chi connectivity index (χ1v) is 8.28. The van der Waals surface area contributed by atoms with Crippen LogP contribution in [0, 0.1) is 11.8 Å². The van der Waals surface area contributed by atoms with Gasteiger partial charge in [-0.3, -0.25) is 19.2 Å². The number of carbonyl (C=O) groups is 5. The van der Waals surface area contributed by atoms with E-state index in [1.54, 1.807) is 0 Å². The Morgan fingerprint density at radius 3 is 2.13 bits per heavy atom. The molecule has 0 aromatic carbocycles. The third-order valence-corrected chi connectivity index (χ3v) is 4.03. The number of ketones is 4. The second-order valence-electron chi connectivity index (χ2n) is 5.76. The van der Waals surface area contributed by atoms with Crippen molar-refractivity contribution in [1.29, 1.82) is 0 Å². The van der Waals surface area contributed by atoms with E-state index in [9.17, 15) is 24.0 Å². The molecular formula is C17H24O6. The number of esters is 1. The number of Topliss-reactive ketones (excluding diaryl/α,β-unsaturated/α-hetero) is 4. The highest BCUT2D eigenvalue weighted by atomic mass is 16.5. The second-order valence-corrected chi connectivity index (χ2v) is 5.76. The molecule has 0 amide bonds. The van der Waals surface area contributed by atoms with Crippen molar-refractivity contribution in [3.05, 3.63) is 0 Å². The van der Waals surface area contributed by atoms with Gasteiger partial charge in [-0.15, -0.1) is 0 Å². The summed E-state index contributed by atoms with van der Waals surface area (Å²) in [5, 5.41) is 0. The molecule has 1 aliphatic rings. The van der Waals surface area contributed by atoms with Gasteiger partial charge in [0, 0.05) is 0 Å². The largest absolute Gasteiger partial charge is 0.460 e. The van der Waals surface area contributed by atoms with Gasteiger partial charge in [-0.1, -0.05) is 45.4 Å². The van der Waals surface area contributed by atoms with E-state index in [2.05, 4.69) is 11.7 Å². The van der Waals surface area contributed by atoms with Crippen LogP contribution >= 0.6 is 0 Å². The molecule has 1 aliphatic carbocycles. The highest BCUT2D eigenvalue weighted by Crippen LogP contribution is 2.27. The first-order chi connectivity index (χ1) is 11.0. The van der Waals surface area contributed by atoms with E-state index >= 15 is 0 Å². The maximum Gasteiger partial charge on any atom is 0.375 e. The van der Waals surface area contributed by atoms with Gasteiger partial charge < -0.3 is 4.74 Å². The fraction of sp³-hybridized carbons (Fsp3) is 0.706. The number of ether oxygens (including phenoxy) is 1. The predicted octanol–water partition coefficient (Wildman–Crippen LogP) is 1.82. The topological polar surface area (TPSA) is 94.6 Å². The summed E-state index contributed by atoms with van der Waals surface area (Å²) in [6.45, 7) is 3.59. The minimum absolute atomic E-state index is 0.0329. The Kier molecular flexibility index (Phi) is 7.78. The fourth-order valence-electron chi connectivity index (χ4n) is 2.74. The Morgan fingerprint density at radius 2 is 1.52 bits per heavy atom. The van der Waals surface area contributed by atoms with Gasteiger partial charge in [0.2, 0.25) is 11.6 Å². The molecule has 1 rings (SSSR count). The molecule has 0 radical (unpaired) electrons. The van der Waals surface area contributed by atoms with Crippen molar-refractivity contribution in [2.45, 2.75) is 58.8 Å². The lowest BCUT2D eigenvalue weighted by atomic mass is 9.94. The second kappa shape index (κ2) is 9.33. The standard InChI is InChI=1S/C17H24O6/c1-3-5-6-7-8-9-10-11-13(18)12(15(20)14(11)19)16(21)17(22)23-4-2/h11-12H,3-10H2,1-2H3. The minimum Gasteiger partial charge on any atom is -0.460 e. The van der Waals surface area contributed by atoms with E-state index in [4.69, 9.17) is 0 Å². The lowest BCUT2D eigenvalue weighted by Crippen LogP contribution is -2.33. The highest BCUT2D eigenvalue weighted by molar-refractivity contribution is 6.60. The average molecular weight is 324 g/mol.